The molecular formula is C11H21N3. The van der Waals surface area contributed by atoms with Crippen molar-refractivity contribution in [2.45, 2.75) is 39.2 Å². The van der Waals surface area contributed by atoms with Gasteiger partial charge in [-0.3, -0.25) is 4.99 Å². The maximum atomic E-state index is 4.58. The van der Waals surface area contributed by atoms with E-state index in [0.29, 0.717) is 6.04 Å². The molecule has 2 rings (SSSR count). The molecule has 3 nitrogen and oxygen atoms in total. The normalized spacial score (nSPS) is 31.3. The third-order valence-electron chi connectivity index (χ3n) is 3.20. The van der Waals surface area contributed by atoms with Crippen molar-refractivity contribution in [1.82, 2.24) is 10.2 Å². The highest BCUT2D eigenvalue weighted by Gasteiger charge is 2.32. The summed E-state index contributed by atoms with van der Waals surface area (Å²) in [6, 6.07) is 0.700. The molecule has 3 heteroatoms. The predicted octanol–water partition coefficient (Wildman–Crippen LogP) is 1.46. The van der Waals surface area contributed by atoms with Crippen LogP contribution in [0.2, 0.25) is 0 Å². The zero-order valence-corrected chi connectivity index (χ0v) is 9.29. The van der Waals surface area contributed by atoms with Crippen LogP contribution >= 0.6 is 0 Å². The molecule has 2 heterocycles. The molecule has 80 valence electrons. The summed E-state index contributed by atoms with van der Waals surface area (Å²) in [4.78, 5) is 7.06. The first-order chi connectivity index (χ1) is 6.81. The van der Waals surface area contributed by atoms with E-state index in [1.807, 2.05) is 0 Å². The Bertz CT molecular complexity index is 225. The summed E-state index contributed by atoms with van der Waals surface area (Å²) in [5.41, 5.74) is 0. The lowest BCUT2D eigenvalue weighted by Crippen LogP contribution is -2.48. The number of hydrogen-bond donors (Lipinski definition) is 1. The van der Waals surface area contributed by atoms with E-state index in [4.69, 9.17) is 0 Å². The van der Waals surface area contributed by atoms with E-state index in [-0.39, 0.29) is 0 Å². The van der Waals surface area contributed by atoms with E-state index >= 15 is 0 Å². The monoisotopic (exact) mass is 195 g/mol. The lowest BCUT2D eigenvalue weighted by atomic mass is 9.95. The van der Waals surface area contributed by atoms with E-state index in [2.05, 4.69) is 29.1 Å². The van der Waals surface area contributed by atoms with Gasteiger partial charge in [0.2, 0.25) is 0 Å². The van der Waals surface area contributed by atoms with Crippen LogP contribution in [0.15, 0.2) is 4.99 Å². The summed E-state index contributed by atoms with van der Waals surface area (Å²) in [6.45, 7) is 7.79. The third kappa shape index (κ3) is 1.86. The van der Waals surface area contributed by atoms with Gasteiger partial charge < -0.3 is 10.2 Å². The van der Waals surface area contributed by atoms with Gasteiger partial charge in [-0.15, -0.1) is 0 Å². The molecule has 0 aromatic heterocycles. The lowest BCUT2D eigenvalue weighted by Gasteiger charge is -2.35. The van der Waals surface area contributed by atoms with Crippen LogP contribution in [-0.2, 0) is 0 Å². The molecule has 0 radical (unpaired) electrons. The molecule has 1 saturated heterocycles. The van der Waals surface area contributed by atoms with Gasteiger partial charge in [-0.1, -0.05) is 13.8 Å². The number of nitrogens with zero attached hydrogens (tertiary/aromatic N) is 2. The summed E-state index contributed by atoms with van der Waals surface area (Å²) in [6.07, 6.45) is 3.87. The second-order valence-electron chi connectivity index (χ2n) is 4.58. The fourth-order valence-electron chi connectivity index (χ4n) is 2.34. The van der Waals surface area contributed by atoms with Crippen molar-refractivity contribution in [1.29, 1.82) is 0 Å². The van der Waals surface area contributed by atoms with Crippen molar-refractivity contribution in [3.8, 4) is 0 Å². The minimum absolute atomic E-state index is 0.700. The molecule has 0 aromatic rings. The van der Waals surface area contributed by atoms with Crippen LogP contribution in [-0.4, -0.2) is 36.5 Å². The second-order valence-corrected chi connectivity index (χ2v) is 4.58. The molecule has 0 aromatic carbocycles. The van der Waals surface area contributed by atoms with Crippen LogP contribution in [0.5, 0.6) is 0 Å². The number of fused-ring (bicyclic) bond motifs is 1. The van der Waals surface area contributed by atoms with Gasteiger partial charge in [0, 0.05) is 13.1 Å². The molecule has 0 saturated carbocycles. The average Bonchev–Trinajstić information content (AvgIpc) is 2.57. The number of guanidine groups is 1. The van der Waals surface area contributed by atoms with Gasteiger partial charge in [-0.25, -0.2) is 0 Å². The first-order valence-corrected chi connectivity index (χ1v) is 5.86. The molecule has 14 heavy (non-hydrogen) atoms. The Morgan fingerprint density at radius 3 is 3.14 bits per heavy atom. The average molecular weight is 195 g/mol. The molecule has 2 atom stereocenters. The Morgan fingerprint density at radius 2 is 2.36 bits per heavy atom. The fraction of sp³-hybridized carbons (Fsp3) is 0.909. The van der Waals surface area contributed by atoms with Crippen molar-refractivity contribution < 1.29 is 0 Å². The fourth-order valence-corrected chi connectivity index (χ4v) is 2.34. The number of rotatable bonds is 2. The standard InChI is InChI=1S/C11H21N3/c1-3-6-12-11-13-7-10-5-4-9(2)8-14(10)11/h9-10H,3-8H2,1-2H3,(H,12,13). The molecule has 0 amide bonds. The number of nitrogens with one attached hydrogen (secondary N) is 1. The Kier molecular flexibility index (Phi) is 2.94. The minimum Gasteiger partial charge on any atom is -0.356 e. The SMILES string of the molecule is CCCNC1=NCC2CCC(C)CN12. The van der Waals surface area contributed by atoms with Crippen molar-refractivity contribution in [3.05, 3.63) is 0 Å². The molecule has 1 N–H and O–H groups in total. The molecular weight excluding hydrogens is 174 g/mol. The van der Waals surface area contributed by atoms with E-state index in [9.17, 15) is 0 Å². The zero-order valence-electron chi connectivity index (χ0n) is 9.29. The van der Waals surface area contributed by atoms with Crippen LogP contribution in [0.3, 0.4) is 0 Å². The van der Waals surface area contributed by atoms with Crippen molar-refractivity contribution in [2.24, 2.45) is 10.9 Å². The first kappa shape index (κ1) is 9.81. The van der Waals surface area contributed by atoms with Crippen molar-refractivity contribution >= 4 is 5.96 Å². The molecule has 2 aliphatic rings. The molecule has 0 aliphatic carbocycles. The minimum atomic E-state index is 0.700. The maximum absolute atomic E-state index is 4.58. The maximum Gasteiger partial charge on any atom is 0.194 e. The van der Waals surface area contributed by atoms with Gasteiger partial charge in [0.25, 0.3) is 0 Å². The number of hydrogen-bond acceptors (Lipinski definition) is 3. The van der Waals surface area contributed by atoms with Crippen molar-refractivity contribution in [3.63, 3.8) is 0 Å². The largest absolute Gasteiger partial charge is 0.356 e. The summed E-state index contributed by atoms with van der Waals surface area (Å²) < 4.78 is 0. The van der Waals surface area contributed by atoms with E-state index in [0.717, 1.165) is 25.0 Å². The molecule has 0 spiro atoms. The predicted molar refractivity (Wildman–Crippen MR) is 59.5 cm³/mol. The smallest absolute Gasteiger partial charge is 0.194 e. The summed E-state index contributed by atoms with van der Waals surface area (Å²) >= 11 is 0. The van der Waals surface area contributed by atoms with E-state index in [1.165, 1.54) is 25.8 Å². The highest BCUT2D eigenvalue weighted by molar-refractivity contribution is 5.82. The summed E-state index contributed by atoms with van der Waals surface area (Å²) in [5, 5.41) is 3.43. The molecule has 2 unspecified atom stereocenters. The van der Waals surface area contributed by atoms with Gasteiger partial charge in [-0.05, 0) is 25.2 Å². The second kappa shape index (κ2) is 4.20. The van der Waals surface area contributed by atoms with Gasteiger partial charge in [0.05, 0.1) is 12.6 Å². The van der Waals surface area contributed by atoms with Gasteiger partial charge >= 0.3 is 0 Å². The van der Waals surface area contributed by atoms with Crippen LogP contribution in [0, 0.1) is 5.92 Å². The van der Waals surface area contributed by atoms with Gasteiger partial charge in [0.15, 0.2) is 5.96 Å². The number of aliphatic imine (C=N–C) groups is 1. The Hall–Kier alpha value is -0.730. The Morgan fingerprint density at radius 1 is 1.50 bits per heavy atom. The third-order valence-corrected chi connectivity index (χ3v) is 3.20. The van der Waals surface area contributed by atoms with Gasteiger partial charge in [0.1, 0.15) is 0 Å². The van der Waals surface area contributed by atoms with E-state index in [1.54, 1.807) is 0 Å². The number of piperidine rings is 1. The molecule has 1 fully saturated rings. The van der Waals surface area contributed by atoms with Crippen LogP contribution in [0.4, 0.5) is 0 Å². The summed E-state index contributed by atoms with van der Waals surface area (Å²) in [7, 11) is 0. The lowest BCUT2D eigenvalue weighted by molar-refractivity contribution is 0.211. The Labute approximate surface area is 86.6 Å². The highest BCUT2D eigenvalue weighted by Crippen LogP contribution is 2.24. The topological polar surface area (TPSA) is 27.6 Å². The summed E-state index contributed by atoms with van der Waals surface area (Å²) in [5.74, 6) is 1.99. The quantitative estimate of drug-likeness (QED) is 0.722. The van der Waals surface area contributed by atoms with Crippen LogP contribution in [0.25, 0.3) is 0 Å². The highest BCUT2D eigenvalue weighted by atomic mass is 15.4. The Balaban J connectivity index is 1.92. The van der Waals surface area contributed by atoms with Crippen LogP contribution in [0.1, 0.15) is 33.1 Å². The van der Waals surface area contributed by atoms with E-state index < -0.39 is 0 Å². The first-order valence-electron chi connectivity index (χ1n) is 5.86. The van der Waals surface area contributed by atoms with Crippen molar-refractivity contribution in [2.75, 3.05) is 19.6 Å². The van der Waals surface area contributed by atoms with Gasteiger partial charge in [-0.2, -0.15) is 0 Å². The van der Waals surface area contributed by atoms with Crippen LogP contribution < -0.4 is 5.32 Å². The molecule has 0 bridgehead atoms. The zero-order chi connectivity index (χ0) is 9.97. The molecule has 2 aliphatic heterocycles.